The lowest BCUT2D eigenvalue weighted by molar-refractivity contribution is 0.0688. The lowest BCUT2D eigenvalue weighted by Crippen LogP contribution is -2.34. The summed E-state index contributed by atoms with van der Waals surface area (Å²) < 4.78 is 5.35. The van der Waals surface area contributed by atoms with E-state index in [-0.39, 0.29) is 17.7 Å². The number of carboxylic acid groups (broad SMARTS) is 1. The van der Waals surface area contributed by atoms with Gasteiger partial charge in [0.2, 0.25) is 0 Å². The number of carbonyl (C=O) groups is 2. The quantitative estimate of drug-likeness (QED) is 0.745. The molecule has 0 aliphatic rings. The average Bonchev–Trinajstić information content (AvgIpc) is 2.37. The Morgan fingerprint density at radius 3 is 2.57 bits per heavy atom. The molecule has 0 unspecified atom stereocenters. The molecule has 3 N–H and O–H groups in total. The molecule has 0 fully saturated rings. The number of anilines is 1. The predicted molar refractivity (Wildman–Crippen MR) is 77.8 cm³/mol. The van der Waals surface area contributed by atoms with Gasteiger partial charge in [-0.25, -0.2) is 9.59 Å². The van der Waals surface area contributed by atoms with Gasteiger partial charge in [-0.15, -0.1) is 0 Å². The Kier molecular flexibility index (Phi) is 5.98. The third-order valence-electron chi connectivity index (χ3n) is 2.70. The van der Waals surface area contributed by atoms with E-state index in [0.717, 1.165) is 0 Å². The zero-order chi connectivity index (χ0) is 16.0. The third kappa shape index (κ3) is 5.31. The first-order chi connectivity index (χ1) is 9.81. The summed E-state index contributed by atoms with van der Waals surface area (Å²) in [4.78, 5) is 24.1. The van der Waals surface area contributed by atoms with Crippen LogP contribution in [-0.2, 0) is 4.74 Å². The number of nitrogens with zero attached hydrogens (tertiary/aromatic N) is 1. The monoisotopic (exact) mass is 296 g/mol. The first kappa shape index (κ1) is 16.8. The van der Waals surface area contributed by atoms with Gasteiger partial charge in [0.15, 0.2) is 0 Å². The highest BCUT2D eigenvalue weighted by molar-refractivity contribution is 5.93. The predicted octanol–water partition coefficient (Wildman–Crippen LogP) is 1.98. The van der Waals surface area contributed by atoms with Gasteiger partial charge in [-0.2, -0.15) is 0 Å². The second-order valence-corrected chi connectivity index (χ2v) is 4.81. The van der Waals surface area contributed by atoms with E-state index in [1.807, 2.05) is 13.8 Å². The number of benzene rings is 1. The minimum absolute atomic E-state index is 0.0990. The van der Waals surface area contributed by atoms with Gasteiger partial charge in [-0.1, -0.05) is 0 Å². The highest BCUT2D eigenvalue weighted by atomic mass is 16.5. The van der Waals surface area contributed by atoms with Gasteiger partial charge in [0.05, 0.1) is 12.7 Å². The molecule has 21 heavy (non-hydrogen) atoms. The fourth-order valence-corrected chi connectivity index (χ4v) is 1.54. The van der Waals surface area contributed by atoms with Crippen molar-refractivity contribution in [1.82, 2.24) is 4.90 Å². The van der Waals surface area contributed by atoms with Crippen molar-refractivity contribution >= 4 is 17.7 Å². The Balaban J connectivity index is 2.58. The van der Waals surface area contributed by atoms with Crippen LogP contribution in [-0.4, -0.2) is 53.4 Å². The number of nitrogens with one attached hydrogen (secondary N) is 1. The lowest BCUT2D eigenvalue weighted by Gasteiger charge is -2.19. The molecule has 0 aliphatic heterocycles. The molecular formula is C14H20N2O5. The summed E-state index contributed by atoms with van der Waals surface area (Å²) in [6.07, 6.45) is 0.0990. The van der Waals surface area contributed by atoms with Crippen LogP contribution in [0.25, 0.3) is 0 Å². The Morgan fingerprint density at radius 1 is 1.38 bits per heavy atom. The van der Waals surface area contributed by atoms with Crippen molar-refractivity contribution in [2.24, 2.45) is 0 Å². The summed E-state index contributed by atoms with van der Waals surface area (Å²) in [6.45, 7) is 4.66. The van der Waals surface area contributed by atoms with Crippen LogP contribution in [0.3, 0.4) is 0 Å². The molecule has 0 aromatic heterocycles. The number of carbonyl (C=O) groups excluding carboxylic acids is 1. The maximum absolute atomic E-state index is 11.9. The Labute approximate surface area is 123 Å². The zero-order valence-corrected chi connectivity index (χ0v) is 12.3. The van der Waals surface area contributed by atoms with E-state index in [4.69, 9.17) is 9.84 Å². The average molecular weight is 296 g/mol. The summed E-state index contributed by atoms with van der Waals surface area (Å²) in [7, 11) is 1.62. The summed E-state index contributed by atoms with van der Waals surface area (Å²) in [5, 5.41) is 20.9. The van der Waals surface area contributed by atoms with Gasteiger partial charge >= 0.3 is 12.0 Å². The van der Waals surface area contributed by atoms with Gasteiger partial charge in [0.1, 0.15) is 11.3 Å². The third-order valence-corrected chi connectivity index (χ3v) is 2.70. The minimum Gasteiger partial charge on any atom is -0.507 e. The van der Waals surface area contributed by atoms with Crippen molar-refractivity contribution in [2.75, 3.05) is 25.5 Å². The standard InChI is InChI=1S/C14H20N2O5/c1-9(2)21-7-6-16(3)14(20)15-10-4-5-11(13(18)19)12(17)8-10/h4-5,8-9,17H,6-7H2,1-3H3,(H,15,20)(H,18,19). The molecule has 0 saturated heterocycles. The Hall–Kier alpha value is -2.28. The second-order valence-electron chi connectivity index (χ2n) is 4.81. The highest BCUT2D eigenvalue weighted by Gasteiger charge is 2.13. The van der Waals surface area contributed by atoms with Crippen molar-refractivity contribution in [3.8, 4) is 5.75 Å². The van der Waals surface area contributed by atoms with Crippen molar-refractivity contribution in [1.29, 1.82) is 0 Å². The molecular weight excluding hydrogens is 276 g/mol. The molecule has 7 heteroatoms. The zero-order valence-electron chi connectivity index (χ0n) is 12.3. The number of hydrogen-bond acceptors (Lipinski definition) is 4. The maximum atomic E-state index is 11.9. The first-order valence-corrected chi connectivity index (χ1v) is 6.51. The molecule has 0 bridgehead atoms. The number of carboxylic acids is 1. The fraction of sp³-hybridized carbons (Fsp3) is 0.429. The van der Waals surface area contributed by atoms with Crippen LogP contribution in [0.2, 0.25) is 0 Å². The molecule has 0 radical (unpaired) electrons. The number of urea groups is 1. The van der Waals surface area contributed by atoms with E-state index < -0.39 is 11.7 Å². The molecule has 1 rings (SSSR count). The lowest BCUT2D eigenvalue weighted by atomic mass is 10.2. The SMILES string of the molecule is CC(C)OCCN(C)C(=O)Nc1ccc(C(=O)O)c(O)c1. The van der Waals surface area contributed by atoms with Crippen LogP contribution in [0.1, 0.15) is 24.2 Å². The normalized spacial score (nSPS) is 10.5. The van der Waals surface area contributed by atoms with Crippen molar-refractivity contribution in [3.63, 3.8) is 0 Å². The van der Waals surface area contributed by atoms with E-state index in [1.54, 1.807) is 7.05 Å². The number of aromatic carboxylic acids is 1. The number of likely N-dealkylation sites (N-methyl/N-ethyl adjacent to an activating group) is 1. The summed E-state index contributed by atoms with van der Waals surface area (Å²) in [5.74, 6) is -1.63. The number of rotatable bonds is 6. The second kappa shape index (κ2) is 7.49. The molecule has 0 aliphatic carbocycles. The fourth-order valence-electron chi connectivity index (χ4n) is 1.54. The van der Waals surface area contributed by atoms with E-state index >= 15 is 0 Å². The molecule has 0 atom stereocenters. The molecule has 1 aromatic rings. The first-order valence-electron chi connectivity index (χ1n) is 6.51. The number of hydrogen-bond donors (Lipinski definition) is 3. The summed E-state index contributed by atoms with van der Waals surface area (Å²) in [5.41, 5.74) is 0.103. The highest BCUT2D eigenvalue weighted by Crippen LogP contribution is 2.22. The largest absolute Gasteiger partial charge is 0.507 e. The molecule has 7 nitrogen and oxygen atoms in total. The number of aromatic hydroxyl groups is 1. The number of amides is 2. The van der Waals surface area contributed by atoms with E-state index in [9.17, 15) is 14.7 Å². The van der Waals surface area contributed by atoms with Gasteiger partial charge in [-0.05, 0) is 26.0 Å². The van der Waals surface area contributed by atoms with Crippen LogP contribution in [0, 0.1) is 0 Å². The van der Waals surface area contributed by atoms with Crippen LogP contribution in [0.5, 0.6) is 5.75 Å². The maximum Gasteiger partial charge on any atom is 0.339 e. The van der Waals surface area contributed by atoms with Crippen molar-refractivity contribution in [3.05, 3.63) is 23.8 Å². The van der Waals surface area contributed by atoms with Gasteiger partial charge in [-0.3, -0.25) is 0 Å². The Bertz CT molecular complexity index is 516. The van der Waals surface area contributed by atoms with Crippen LogP contribution in [0.15, 0.2) is 18.2 Å². The van der Waals surface area contributed by atoms with E-state index in [0.29, 0.717) is 18.8 Å². The smallest absolute Gasteiger partial charge is 0.339 e. The van der Waals surface area contributed by atoms with Gasteiger partial charge in [0, 0.05) is 25.3 Å². The molecule has 0 saturated carbocycles. The molecule has 0 heterocycles. The number of ether oxygens (including phenoxy) is 1. The van der Waals surface area contributed by atoms with Crippen molar-refractivity contribution in [2.45, 2.75) is 20.0 Å². The minimum atomic E-state index is -1.23. The summed E-state index contributed by atoms with van der Waals surface area (Å²) in [6, 6.07) is 3.47. The van der Waals surface area contributed by atoms with Crippen LogP contribution < -0.4 is 5.32 Å². The molecule has 0 spiro atoms. The number of phenols is 1. The van der Waals surface area contributed by atoms with Gasteiger partial charge < -0.3 is 25.2 Å². The van der Waals surface area contributed by atoms with Crippen molar-refractivity contribution < 1.29 is 24.5 Å². The van der Waals surface area contributed by atoms with Crippen LogP contribution in [0.4, 0.5) is 10.5 Å². The molecule has 1 aromatic carbocycles. The van der Waals surface area contributed by atoms with E-state index in [2.05, 4.69) is 5.32 Å². The Morgan fingerprint density at radius 2 is 2.05 bits per heavy atom. The molecule has 2 amide bonds. The van der Waals surface area contributed by atoms with E-state index in [1.165, 1.54) is 23.1 Å². The summed E-state index contributed by atoms with van der Waals surface area (Å²) >= 11 is 0. The molecule has 116 valence electrons. The van der Waals surface area contributed by atoms with Gasteiger partial charge in [0.25, 0.3) is 0 Å². The van der Waals surface area contributed by atoms with Crippen LogP contribution >= 0.6 is 0 Å². The topological polar surface area (TPSA) is 99.1 Å².